The number of allylic oxidation sites excluding steroid dienone is 1. The van der Waals surface area contributed by atoms with Crippen LogP contribution >= 0.6 is 11.3 Å². The van der Waals surface area contributed by atoms with Crippen molar-refractivity contribution in [3.05, 3.63) is 89.8 Å². The molecule has 2 saturated carbocycles. The van der Waals surface area contributed by atoms with Crippen molar-refractivity contribution in [3.63, 3.8) is 0 Å². The number of rotatable bonds is 9. The van der Waals surface area contributed by atoms with E-state index in [4.69, 9.17) is 19.4 Å². The Balaban J connectivity index is 1.07. The number of carbonyl (C=O) groups excluding carboxylic acids is 4. The second-order valence-corrected chi connectivity index (χ2v) is 16.6. The van der Waals surface area contributed by atoms with E-state index >= 15 is 0 Å². The first-order valence-corrected chi connectivity index (χ1v) is 21.3. The largest absolute Gasteiger partial charge is 0.471 e. The van der Waals surface area contributed by atoms with Crippen molar-refractivity contribution in [3.8, 4) is 16.5 Å². The van der Waals surface area contributed by atoms with Gasteiger partial charge in [-0.3, -0.25) is 14.4 Å². The average molecular weight is 791 g/mol. The van der Waals surface area contributed by atoms with E-state index in [2.05, 4.69) is 22.0 Å². The molecule has 13 heteroatoms. The molecule has 5 atom stereocenters. The van der Waals surface area contributed by atoms with Gasteiger partial charge in [0, 0.05) is 18.9 Å². The highest BCUT2D eigenvalue weighted by atomic mass is 32.1. The number of ether oxygens (including phenoxy) is 2. The maximum atomic E-state index is 14.7. The molecule has 3 fully saturated rings. The molecule has 298 valence electrons. The van der Waals surface area contributed by atoms with Gasteiger partial charge in [0.1, 0.15) is 35.5 Å². The first-order chi connectivity index (χ1) is 27.9. The van der Waals surface area contributed by atoms with Gasteiger partial charge in [0.25, 0.3) is 0 Å². The molecule has 4 aliphatic rings. The summed E-state index contributed by atoms with van der Waals surface area (Å²) in [6, 6.07) is 19.5. The van der Waals surface area contributed by atoms with E-state index in [0.29, 0.717) is 49.3 Å². The number of alkyl carbamates (subject to hydrolysis) is 1. The highest BCUT2D eigenvalue weighted by Crippen LogP contribution is 2.45. The van der Waals surface area contributed by atoms with Crippen LogP contribution in [0.4, 0.5) is 4.79 Å². The molecule has 0 bridgehead atoms. The molecular formula is C44H50N6O6S. The van der Waals surface area contributed by atoms with Gasteiger partial charge in [-0.2, -0.15) is 0 Å². The third kappa shape index (κ3) is 8.98. The fraction of sp³-hybridized carbons (Fsp3) is 0.455. The van der Waals surface area contributed by atoms with Gasteiger partial charge in [-0.1, -0.05) is 73.5 Å². The number of hydrogen-bond acceptors (Lipinski definition) is 9. The molecule has 2 aliphatic carbocycles. The summed E-state index contributed by atoms with van der Waals surface area (Å²) >= 11 is 1.52. The molecule has 2 aromatic heterocycles. The first kappa shape index (κ1) is 38.6. The average Bonchev–Trinajstić information content (AvgIpc) is 3.72. The minimum atomic E-state index is -1.14. The van der Waals surface area contributed by atoms with Gasteiger partial charge >= 0.3 is 6.09 Å². The number of carbonyl (C=O) groups is 4. The molecule has 8 rings (SSSR count). The van der Waals surface area contributed by atoms with E-state index < -0.39 is 35.7 Å². The third-order valence-electron chi connectivity index (χ3n) is 11.6. The summed E-state index contributed by atoms with van der Waals surface area (Å²) in [5, 5.41) is 11.1. The lowest BCUT2D eigenvalue weighted by Crippen LogP contribution is -2.58. The summed E-state index contributed by atoms with van der Waals surface area (Å²) in [6.07, 6.45) is 11.3. The fourth-order valence-corrected chi connectivity index (χ4v) is 9.13. The molecular weight excluding hydrogens is 741 g/mol. The Morgan fingerprint density at radius 2 is 1.67 bits per heavy atom. The first-order valence-electron chi connectivity index (χ1n) is 20.4. The molecule has 2 aromatic carbocycles. The number of nitrogens with one attached hydrogen (secondary N) is 3. The fourth-order valence-electron chi connectivity index (χ4n) is 8.42. The van der Waals surface area contributed by atoms with Crippen molar-refractivity contribution in [1.29, 1.82) is 0 Å². The van der Waals surface area contributed by atoms with Crippen LogP contribution < -0.4 is 20.7 Å². The van der Waals surface area contributed by atoms with E-state index in [1.165, 1.54) is 16.2 Å². The van der Waals surface area contributed by atoms with Crippen molar-refractivity contribution in [1.82, 2.24) is 30.8 Å². The maximum Gasteiger partial charge on any atom is 0.408 e. The quantitative estimate of drug-likeness (QED) is 0.163. The second kappa shape index (κ2) is 17.5. The summed E-state index contributed by atoms with van der Waals surface area (Å²) in [6.45, 7) is 0.495. The number of fused-ring (bicyclic) bond motifs is 3. The Bertz CT molecular complexity index is 2090. The summed E-state index contributed by atoms with van der Waals surface area (Å²) in [5.74, 6) is -0.922. The van der Waals surface area contributed by atoms with Gasteiger partial charge in [-0.05, 0) is 86.9 Å². The lowest BCUT2D eigenvalue weighted by atomic mass is 10.0. The normalized spacial score (nSPS) is 26.0. The van der Waals surface area contributed by atoms with Crippen molar-refractivity contribution >= 4 is 46.2 Å². The molecule has 0 spiro atoms. The van der Waals surface area contributed by atoms with E-state index in [0.717, 1.165) is 60.9 Å². The smallest absolute Gasteiger partial charge is 0.408 e. The van der Waals surface area contributed by atoms with Crippen LogP contribution in [-0.2, 0) is 25.5 Å². The molecule has 0 radical (unpaired) electrons. The standard InChI is InChI=1S/C44H50N6O6S/c51-39-36-26-32(55-40-38(37-22-13-25-57-37)46-33-19-11-12-20-34(33)47-40)28-50(36)41(52)35(48-43(54)56-31-17-9-10-18-31)21-8-3-1-2-7-16-30-27-44(30,49-39)42(53)45-24-23-29-14-5-4-6-15-29/h4-7,11-16,19-20,22,25,30-32,35-36H,1-3,8-10,17-18,21,23-24,26-28H2,(H,45,53)(H,48,54)(H,49,51)/b16-7-/t30-,32+,35-,36+,44+/m1/s1. The number of amides is 4. The molecule has 3 N–H and O–H groups in total. The van der Waals surface area contributed by atoms with Gasteiger partial charge < -0.3 is 30.3 Å². The van der Waals surface area contributed by atoms with Gasteiger partial charge in [-0.25, -0.2) is 14.8 Å². The van der Waals surface area contributed by atoms with Crippen LogP contribution in [0.1, 0.15) is 76.2 Å². The minimum Gasteiger partial charge on any atom is -0.471 e. The Morgan fingerprint density at radius 3 is 2.46 bits per heavy atom. The second-order valence-electron chi connectivity index (χ2n) is 15.7. The molecule has 4 heterocycles. The zero-order valence-electron chi connectivity index (χ0n) is 32.1. The van der Waals surface area contributed by atoms with Gasteiger partial charge in [0.15, 0.2) is 0 Å². The Morgan fingerprint density at radius 1 is 0.895 bits per heavy atom. The minimum absolute atomic E-state index is 0.0742. The highest BCUT2D eigenvalue weighted by molar-refractivity contribution is 7.13. The predicted molar refractivity (Wildman–Crippen MR) is 217 cm³/mol. The Kier molecular flexibility index (Phi) is 11.8. The van der Waals surface area contributed by atoms with Crippen LogP contribution in [0, 0.1) is 5.92 Å². The van der Waals surface area contributed by atoms with Crippen molar-refractivity contribution in [2.45, 2.75) is 107 Å². The zero-order valence-corrected chi connectivity index (χ0v) is 32.9. The van der Waals surface area contributed by atoms with Crippen LogP contribution in [0.25, 0.3) is 21.6 Å². The van der Waals surface area contributed by atoms with Crippen molar-refractivity contribution in [2.24, 2.45) is 5.92 Å². The topological polar surface area (TPSA) is 152 Å². The zero-order chi connectivity index (χ0) is 39.2. The van der Waals surface area contributed by atoms with Gasteiger partial charge in [0.05, 0.1) is 22.5 Å². The van der Waals surface area contributed by atoms with Gasteiger partial charge in [0.2, 0.25) is 23.6 Å². The van der Waals surface area contributed by atoms with Crippen molar-refractivity contribution < 1.29 is 28.7 Å². The number of benzene rings is 2. The van der Waals surface area contributed by atoms with E-state index in [-0.39, 0.29) is 36.8 Å². The third-order valence-corrected chi connectivity index (χ3v) is 12.5. The van der Waals surface area contributed by atoms with Crippen LogP contribution in [0.5, 0.6) is 5.88 Å². The highest BCUT2D eigenvalue weighted by Gasteiger charge is 2.61. The van der Waals surface area contributed by atoms with Crippen LogP contribution in [0.15, 0.2) is 84.3 Å². The van der Waals surface area contributed by atoms with Gasteiger partial charge in [-0.15, -0.1) is 11.3 Å². The van der Waals surface area contributed by atoms with Crippen LogP contribution in [0.3, 0.4) is 0 Å². The lowest BCUT2D eigenvalue weighted by molar-refractivity contribution is -0.141. The van der Waals surface area contributed by atoms with Crippen LogP contribution in [-0.4, -0.2) is 81.6 Å². The molecule has 0 unspecified atom stereocenters. The number of hydrogen-bond donors (Lipinski definition) is 3. The number of thiophene rings is 1. The summed E-state index contributed by atoms with van der Waals surface area (Å²) in [5.41, 5.74) is 1.93. The van der Waals surface area contributed by atoms with Crippen molar-refractivity contribution in [2.75, 3.05) is 13.1 Å². The Hall–Kier alpha value is -5.30. The van der Waals surface area contributed by atoms with E-state index in [1.807, 2.05) is 78.2 Å². The molecule has 4 amide bonds. The maximum absolute atomic E-state index is 14.7. The number of aromatic nitrogens is 2. The predicted octanol–water partition coefficient (Wildman–Crippen LogP) is 6.50. The number of para-hydroxylation sites is 2. The van der Waals surface area contributed by atoms with E-state index in [9.17, 15) is 19.2 Å². The summed E-state index contributed by atoms with van der Waals surface area (Å²) in [7, 11) is 0. The number of nitrogens with zero attached hydrogens (tertiary/aromatic N) is 3. The molecule has 1 saturated heterocycles. The van der Waals surface area contributed by atoms with E-state index in [1.54, 1.807) is 0 Å². The summed E-state index contributed by atoms with van der Waals surface area (Å²) in [4.78, 5) is 68.7. The summed E-state index contributed by atoms with van der Waals surface area (Å²) < 4.78 is 12.4. The van der Waals surface area contributed by atoms with Crippen LogP contribution in [0.2, 0.25) is 0 Å². The molecule has 4 aromatic rings. The lowest BCUT2D eigenvalue weighted by Gasteiger charge is -2.30. The molecule has 12 nitrogen and oxygen atoms in total. The monoisotopic (exact) mass is 790 g/mol. The molecule has 2 aliphatic heterocycles. The SMILES string of the molecule is O=C(N[C@@H]1CCCCC/C=C\[C@@H]2C[C@]2(C(=O)NCCc2ccccc2)NC(=O)[C@@H]2C[C@H](Oc3nc4ccccc4nc3-c3cccs3)CN2C1=O)OC1CCCC1. The Labute approximate surface area is 336 Å². The molecule has 57 heavy (non-hydrogen) atoms.